The minimum absolute atomic E-state index is 0.0431. The van der Waals surface area contributed by atoms with Crippen LogP contribution in [0.2, 0.25) is 0 Å². The summed E-state index contributed by atoms with van der Waals surface area (Å²) in [6, 6.07) is 7.33. The van der Waals surface area contributed by atoms with Gasteiger partial charge in [-0.3, -0.25) is 9.59 Å². The molecular weight excluding hydrogens is 352 g/mol. The zero-order valence-electron chi connectivity index (χ0n) is 14.5. The average Bonchev–Trinajstić information content (AvgIpc) is 3.10. The van der Waals surface area contributed by atoms with Crippen LogP contribution in [0, 0.1) is 5.92 Å². The Morgan fingerprint density at radius 3 is 2.65 bits per heavy atom. The second-order valence-electron chi connectivity index (χ2n) is 6.15. The van der Waals surface area contributed by atoms with E-state index in [0.29, 0.717) is 36.5 Å². The summed E-state index contributed by atoms with van der Waals surface area (Å²) in [6.07, 6.45) is 2.58. The minimum atomic E-state index is -0.363. The van der Waals surface area contributed by atoms with Gasteiger partial charge < -0.3 is 15.0 Å². The van der Waals surface area contributed by atoms with Crippen LogP contribution in [0.15, 0.2) is 36.9 Å². The van der Waals surface area contributed by atoms with Crippen molar-refractivity contribution >= 4 is 44.9 Å². The van der Waals surface area contributed by atoms with Crippen molar-refractivity contribution in [1.82, 2.24) is 4.90 Å². The lowest BCUT2D eigenvalue weighted by atomic mass is 9.95. The van der Waals surface area contributed by atoms with Gasteiger partial charge in [0.05, 0.1) is 7.11 Å². The number of hydrogen-bond acceptors (Lipinski definition) is 5. The zero-order valence-corrected chi connectivity index (χ0v) is 15.3. The Morgan fingerprint density at radius 1 is 1.27 bits per heavy atom. The molecule has 0 bridgehead atoms. The second kappa shape index (κ2) is 7.70. The number of carbonyl (C=O) groups excluding carboxylic acids is 3. The molecule has 2 heterocycles. The van der Waals surface area contributed by atoms with Crippen molar-refractivity contribution in [3.63, 3.8) is 0 Å². The van der Waals surface area contributed by atoms with E-state index >= 15 is 0 Å². The van der Waals surface area contributed by atoms with Crippen molar-refractivity contribution in [3.05, 3.63) is 41.8 Å². The molecule has 1 aliphatic heterocycles. The Morgan fingerprint density at radius 2 is 2.00 bits per heavy atom. The van der Waals surface area contributed by atoms with Crippen LogP contribution in [-0.2, 0) is 14.3 Å². The van der Waals surface area contributed by atoms with Gasteiger partial charge in [-0.1, -0.05) is 6.58 Å². The molecule has 136 valence electrons. The molecule has 0 saturated carbocycles. The Bertz CT molecular complexity index is 866. The molecular formula is C19H20N2O4S. The van der Waals surface area contributed by atoms with Crippen LogP contribution in [0.4, 0.5) is 5.69 Å². The smallest absolute Gasteiger partial charge is 0.348 e. The van der Waals surface area contributed by atoms with E-state index in [9.17, 15) is 14.4 Å². The van der Waals surface area contributed by atoms with Crippen molar-refractivity contribution in [3.8, 4) is 0 Å². The lowest BCUT2D eigenvalue weighted by Gasteiger charge is -2.30. The van der Waals surface area contributed by atoms with Crippen molar-refractivity contribution in [1.29, 1.82) is 0 Å². The fourth-order valence-electron chi connectivity index (χ4n) is 3.06. The maximum Gasteiger partial charge on any atom is 0.348 e. The summed E-state index contributed by atoms with van der Waals surface area (Å²) >= 11 is 1.36. The summed E-state index contributed by atoms with van der Waals surface area (Å²) in [6.45, 7) is 4.62. The fraction of sp³-hybridized carbons (Fsp3) is 0.316. The third-order valence-corrected chi connectivity index (χ3v) is 5.62. The molecule has 1 aromatic heterocycles. The number of carbonyl (C=O) groups is 3. The second-order valence-corrected chi connectivity index (χ2v) is 7.23. The molecule has 2 aromatic rings. The van der Waals surface area contributed by atoms with E-state index in [1.54, 1.807) is 11.0 Å². The molecule has 0 radical (unpaired) electrons. The highest BCUT2D eigenvalue weighted by Crippen LogP contribution is 2.29. The molecule has 0 spiro atoms. The topological polar surface area (TPSA) is 75.7 Å². The van der Waals surface area contributed by atoms with Gasteiger partial charge in [0.15, 0.2) is 0 Å². The highest BCUT2D eigenvalue weighted by molar-refractivity contribution is 7.20. The average molecular weight is 372 g/mol. The highest BCUT2D eigenvalue weighted by Gasteiger charge is 2.26. The SMILES string of the molecule is C=CC(=O)N1CCC(C(=O)Nc2ccc3sc(C(=O)OC)cc3c2)CC1. The van der Waals surface area contributed by atoms with Crippen LogP contribution < -0.4 is 5.32 Å². The van der Waals surface area contributed by atoms with Crippen LogP contribution in [0.5, 0.6) is 0 Å². The van der Waals surface area contributed by atoms with Crippen LogP contribution in [-0.4, -0.2) is 42.9 Å². The summed E-state index contributed by atoms with van der Waals surface area (Å²) in [5.74, 6) is -0.614. The van der Waals surface area contributed by atoms with E-state index in [0.717, 1.165) is 10.1 Å². The van der Waals surface area contributed by atoms with E-state index in [1.807, 2.05) is 18.2 Å². The van der Waals surface area contributed by atoms with Crippen molar-refractivity contribution in [2.24, 2.45) is 5.92 Å². The molecule has 1 fully saturated rings. The van der Waals surface area contributed by atoms with E-state index in [-0.39, 0.29) is 23.7 Å². The van der Waals surface area contributed by atoms with Crippen molar-refractivity contribution < 1.29 is 19.1 Å². The van der Waals surface area contributed by atoms with Gasteiger partial charge in [-0.05, 0) is 48.6 Å². The van der Waals surface area contributed by atoms with Crippen LogP contribution in [0.1, 0.15) is 22.5 Å². The van der Waals surface area contributed by atoms with Gasteiger partial charge in [0.2, 0.25) is 11.8 Å². The van der Waals surface area contributed by atoms with E-state index in [4.69, 9.17) is 4.74 Å². The van der Waals surface area contributed by atoms with Gasteiger partial charge in [-0.15, -0.1) is 11.3 Å². The number of thiophene rings is 1. The summed E-state index contributed by atoms with van der Waals surface area (Å²) in [4.78, 5) is 38.0. The van der Waals surface area contributed by atoms with E-state index < -0.39 is 0 Å². The molecule has 0 aliphatic carbocycles. The molecule has 1 aliphatic rings. The van der Waals surface area contributed by atoms with Gasteiger partial charge >= 0.3 is 5.97 Å². The number of nitrogens with zero attached hydrogens (tertiary/aromatic N) is 1. The number of hydrogen-bond donors (Lipinski definition) is 1. The molecule has 0 atom stereocenters. The summed E-state index contributed by atoms with van der Waals surface area (Å²) < 4.78 is 5.70. The number of nitrogens with one attached hydrogen (secondary N) is 1. The van der Waals surface area contributed by atoms with Crippen LogP contribution in [0.3, 0.4) is 0 Å². The van der Waals surface area contributed by atoms with E-state index in [1.165, 1.54) is 24.5 Å². The number of likely N-dealkylation sites (tertiary alicyclic amines) is 1. The lowest BCUT2D eigenvalue weighted by Crippen LogP contribution is -2.40. The molecule has 1 aromatic carbocycles. The highest BCUT2D eigenvalue weighted by atomic mass is 32.1. The number of benzene rings is 1. The quantitative estimate of drug-likeness (QED) is 0.661. The molecule has 2 amide bonds. The summed E-state index contributed by atoms with van der Waals surface area (Å²) in [5.41, 5.74) is 0.696. The maximum atomic E-state index is 12.5. The van der Waals surface area contributed by atoms with Crippen molar-refractivity contribution in [2.75, 3.05) is 25.5 Å². The Balaban J connectivity index is 1.65. The number of anilines is 1. The first-order chi connectivity index (χ1) is 12.5. The fourth-order valence-corrected chi connectivity index (χ4v) is 4.02. The number of fused-ring (bicyclic) bond motifs is 1. The van der Waals surface area contributed by atoms with Gasteiger partial charge in [-0.2, -0.15) is 0 Å². The number of amides is 2. The molecule has 0 unspecified atom stereocenters. The van der Waals surface area contributed by atoms with Gasteiger partial charge in [0.1, 0.15) is 4.88 Å². The third kappa shape index (κ3) is 3.77. The number of piperidine rings is 1. The summed E-state index contributed by atoms with van der Waals surface area (Å²) in [7, 11) is 1.35. The predicted molar refractivity (Wildman–Crippen MR) is 101 cm³/mol. The number of methoxy groups -OCH3 is 1. The molecule has 1 saturated heterocycles. The normalized spacial score (nSPS) is 14.9. The number of esters is 1. The number of ether oxygens (including phenoxy) is 1. The first-order valence-electron chi connectivity index (χ1n) is 8.36. The first-order valence-corrected chi connectivity index (χ1v) is 9.17. The first kappa shape index (κ1) is 18.1. The predicted octanol–water partition coefficient (Wildman–Crippen LogP) is 3.05. The zero-order chi connectivity index (χ0) is 18.7. The Hall–Kier alpha value is -2.67. The molecule has 6 nitrogen and oxygen atoms in total. The van der Waals surface area contributed by atoms with Crippen molar-refractivity contribution in [2.45, 2.75) is 12.8 Å². The van der Waals surface area contributed by atoms with Crippen LogP contribution in [0.25, 0.3) is 10.1 Å². The Labute approximate surface area is 155 Å². The monoisotopic (exact) mass is 372 g/mol. The van der Waals surface area contributed by atoms with Crippen LogP contribution >= 0.6 is 11.3 Å². The largest absolute Gasteiger partial charge is 0.465 e. The van der Waals surface area contributed by atoms with E-state index in [2.05, 4.69) is 11.9 Å². The molecule has 7 heteroatoms. The Kier molecular flexibility index (Phi) is 5.37. The molecule has 26 heavy (non-hydrogen) atoms. The maximum absolute atomic E-state index is 12.5. The minimum Gasteiger partial charge on any atom is -0.465 e. The molecule has 3 rings (SSSR count). The van der Waals surface area contributed by atoms with Gasteiger partial charge in [0, 0.05) is 29.4 Å². The summed E-state index contributed by atoms with van der Waals surface area (Å²) in [5, 5.41) is 3.83. The number of rotatable bonds is 4. The van der Waals surface area contributed by atoms with Gasteiger partial charge in [0.25, 0.3) is 0 Å². The molecule has 1 N–H and O–H groups in total. The standard InChI is InChI=1S/C19H20N2O4S/c1-3-17(22)21-8-6-12(7-9-21)18(23)20-14-4-5-15-13(10-14)11-16(26-15)19(24)25-2/h3-5,10-12H,1,6-9H2,2H3,(H,20,23). The lowest BCUT2D eigenvalue weighted by molar-refractivity contribution is -0.130. The third-order valence-electron chi connectivity index (χ3n) is 4.52. The van der Waals surface area contributed by atoms with Gasteiger partial charge in [-0.25, -0.2) is 4.79 Å².